The van der Waals surface area contributed by atoms with E-state index in [1.807, 2.05) is 0 Å². The third-order valence-corrected chi connectivity index (χ3v) is 1.98. The summed E-state index contributed by atoms with van der Waals surface area (Å²) in [6.45, 7) is 3.54. The molecule has 0 radical (unpaired) electrons. The van der Waals surface area contributed by atoms with Gasteiger partial charge in [-0.3, -0.25) is 10.1 Å². The molecule has 0 bridgehead atoms. The Balaban J connectivity index is 2.63. The Morgan fingerprint density at radius 3 is 2.47 bits per heavy atom. The van der Waals surface area contributed by atoms with Crippen molar-refractivity contribution < 1.29 is 19.2 Å². The molecule has 0 spiro atoms. The van der Waals surface area contributed by atoms with Crippen LogP contribution in [0.2, 0.25) is 0 Å². The highest BCUT2D eigenvalue weighted by molar-refractivity contribution is 5.74. The molecule has 6 heteroatoms. The number of rotatable bonds is 5. The number of hydrogen-bond donors (Lipinski definition) is 0. The monoisotopic (exact) mass is 239 g/mol. The Morgan fingerprint density at radius 1 is 1.41 bits per heavy atom. The predicted molar refractivity (Wildman–Crippen MR) is 59.8 cm³/mol. The summed E-state index contributed by atoms with van der Waals surface area (Å²) < 4.78 is 10.0. The Hall–Kier alpha value is -2.11. The fraction of sp³-hybridized carbons (Fsp3) is 0.364. The van der Waals surface area contributed by atoms with Crippen LogP contribution in [0.15, 0.2) is 24.3 Å². The third kappa shape index (κ3) is 3.75. The maximum atomic E-state index is 11.3. The molecule has 92 valence electrons. The Kier molecular flexibility index (Phi) is 4.45. The van der Waals surface area contributed by atoms with E-state index in [4.69, 9.17) is 9.47 Å². The molecule has 6 nitrogen and oxygen atoms in total. The normalized spacial score (nSPS) is 11.6. The Labute approximate surface area is 98.3 Å². The summed E-state index contributed by atoms with van der Waals surface area (Å²) in [4.78, 5) is 21.2. The van der Waals surface area contributed by atoms with E-state index >= 15 is 0 Å². The van der Waals surface area contributed by atoms with E-state index < -0.39 is 17.0 Å². The highest BCUT2D eigenvalue weighted by atomic mass is 16.6. The molecule has 0 fully saturated rings. The van der Waals surface area contributed by atoms with Crippen LogP contribution in [-0.4, -0.2) is 23.6 Å². The van der Waals surface area contributed by atoms with Gasteiger partial charge in [0.15, 0.2) is 6.10 Å². The van der Waals surface area contributed by atoms with Gasteiger partial charge in [0.1, 0.15) is 5.75 Å². The van der Waals surface area contributed by atoms with E-state index in [1.165, 1.54) is 24.3 Å². The van der Waals surface area contributed by atoms with Crippen LogP contribution < -0.4 is 4.74 Å². The molecule has 1 atom stereocenters. The molecule has 0 amide bonds. The van der Waals surface area contributed by atoms with Gasteiger partial charge in [-0.1, -0.05) is 0 Å². The zero-order valence-electron chi connectivity index (χ0n) is 9.58. The number of nitrogens with zero attached hydrogens (tertiary/aromatic N) is 1. The molecule has 1 unspecified atom stereocenters. The number of ether oxygens (including phenoxy) is 2. The lowest BCUT2D eigenvalue weighted by Crippen LogP contribution is -2.25. The van der Waals surface area contributed by atoms with Gasteiger partial charge < -0.3 is 9.47 Å². The van der Waals surface area contributed by atoms with E-state index in [1.54, 1.807) is 13.8 Å². The van der Waals surface area contributed by atoms with E-state index in [0.29, 0.717) is 5.75 Å². The minimum atomic E-state index is -0.739. The van der Waals surface area contributed by atoms with Crippen molar-refractivity contribution in [2.24, 2.45) is 0 Å². The predicted octanol–water partition coefficient (Wildman–Crippen LogP) is 1.93. The molecule has 0 aliphatic heterocycles. The van der Waals surface area contributed by atoms with Crippen LogP contribution in [0.5, 0.6) is 5.75 Å². The smallest absolute Gasteiger partial charge is 0.347 e. The molecule has 1 rings (SSSR count). The van der Waals surface area contributed by atoms with Gasteiger partial charge in [-0.2, -0.15) is 0 Å². The lowest BCUT2D eigenvalue weighted by molar-refractivity contribution is -0.384. The van der Waals surface area contributed by atoms with Crippen molar-refractivity contribution in [3.63, 3.8) is 0 Å². The van der Waals surface area contributed by atoms with Crippen molar-refractivity contribution in [3.05, 3.63) is 34.4 Å². The first-order chi connectivity index (χ1) is 8.04. The minimum Gasteiger partial charge on any atom is -0.479 e. The van der Waals surface area contributed by atoms with E-state index in [-0.39, 0.29) is 12.3 Å². The molecular formula is C11H13NO5. The van der Waals surface area contributed by atoms with Crippen LogP contribution in [-0.2, 0) is 9.53 Å². The average molecular weight is 239 g/mol. The zero-order valence-corrected chi connectivity index (χ0v) is 9.58. The standard InChI is InChI=1S/C11H13NO5/c1-3-16-11(13)8(2)17-10-6-4-9(5-7-10)12(14)15/h4-8H,3H2,1-2H3. The van der Waals surface area contributed by atoms with Crippen LogP contribution >= 0.6 is 0 Å². The highest BCUT2D eigenvalue weighted by Gasteiger charge is 2.16. The molecule has 0 saturated heterocycles. The first-order valence-electron chi connectivity index (χ1n) is 5.12. The summed E-state index contributed by atoms with van der Waals surface area (Å²) in [7, 11) is 0. The number of hydrogen-bond acceptors (Lipinski definition) is 5. The molecule has 0 aromatic heterocycles. The number of carbonyl (C=O) groups is 1. The number of benzene rings is 1. The van der Waals surface area contributed by atoms with Crippen LogP contribution in [0, 0.1) is 10.1 Å². The van der Waals surface area contributed by atoms with Crippen molar-refractivity contribution >= 4 is 11.7 Å². The summed E-state index contributed by atoms with van der Waals surface area (Å²) >= 11 is 0. The van der Waals surface area contributed by atoms with E-state index in [0.717, 1.165) is 0 Å². The second-order valence-corrected chi connectivity index (χ2v) is 3.26. The van der Waals surface area contributed by atoms with Gasteiger partial charge in [0.05, 0.1) is 11.5 Å². The van der Waals surface area contributed by atoms with Gasteiger partial charge >= 0.3 is 5.97 Å². The summed E-state index contributed by atoms with van der Waals surface area (Å²) in [5.41, 5.74) is -0.0267. The third-order valence-electron chi connectivity index (χ3n) is 1.98. The quantitative estimate of drug-likeness (QED) is 0.445. The highest BCUT2D eigenvalue weighted by Crippen LogP contribution is 2.18. The van der Waals surface area contributed by atoms with Gasteiger partial charge in [-0.05, 0) is 26.0 Å². The number of carbonyl (C=O) groups excluding carboxylic acids is 1. The lowest BCUT2D eigenvalue weighted by Gasteiger charge is -2.12. The molecule has 0 saturated carbocycles. The molecule has 0 heterocycles. The van der Waals surface area contributed by atoms with Crippen LogP contribution in [0.25, 0.3) is 0 Å². The lowest BCUT2D eigenvalue weighted by atomic mass is 10.3. The van der Waals surface area contributed by atoms with Crippen molar-refractivity contribution in [3.8, 4) is 5.75 Å². The topological polar surface area (TPSA) is 78.7 Å². The fourth-order valence-electron chi connectivity index (χ4n) is 1.16. The van der Waals surface area contributed by atoms with Crippen molar-refractivity contribution in [2.45, 2.75) is 20.0 Å². The van der Waals surface area contributed by atoms with Gasteiger partial charge in [0.2, 0.25) is 0 Å². The Bertz CT molecular complexity index is 401. The van der Waals surface area contributed by atoms with Crippen molar-refractivity contribution in [2.75, 3.05) is 6.61 Å². The van der Waals surface area contributed by atoms with Crippen LogP contribution in [0.4, 0.5) is 5.69 Å². The van der Waals surface area contributed by atoms with Crippen LogP contribution in [0.3, 0.4) is 0 Å². The van der Waals surface area contributed by atoms with Gasteiger partial charge in [-0.25, -0.2) is 4.79 Å². The summed E-state index contributed by atoms with van der Waals surface area (Å²) in [6.07, 6.45) is -0.739. The molecule has 1 aromatic rings. The molecule has 1 aromatic carbocycles. The van der Waals surface area contributed by atoms with Crippen LogP contribution in [0.1, 0.15) is 13.8 Å². The average Bonchev–Trinajstić information content (AvgIpc) is 2.30. The van der Waals surface area contributed by atoms with E-state index in [2.05, 4.69) is 0 Å². The minimum absolute atomic E-state index is 0.0267. The largest absolute Gasteiger partial charge is 0.479 e. The summed E-state index contributed by atoms with van der Waals surface area (Å²) in [5, 5.41) is 10.4. The maximum absolute atomic E-state index is 11.3. The summed E-state index contributed by atoms with van der Waals surface area (Å²) in [5.74, 6) is -0.0815. The molecule has 0 aliphatic carbocycles. The molecular weight excluding hydrogens is 226 g/mol. The maximum Gasteiger partial charge on any atom is 0.347 e. The molecule has 0 aliphatic rings. The first kappa shape index (κ1) is 13.0. The van der Waals surface area contributed by atoms with Gasteiger partial charge in [0.25, 0.3) is 5.69 Å². The Morgan fingerprint density at radius 2 is 2.00 bits per heavy atom. The van der Waals surface area contributed by atoms with E-state index in [9.17, 15) is 14.9 Å². The number of esters is 1. The van der Waals surface area contributed by atoms with Crippen molar-refractivity contribution in [1.29, 1.82) is 0 Å². The molecule has 0 N–H and O–H groups in total. The SMILES string of the molecule is CCOC(=O)C(C)Oc1ccc([N+](=O)[O-])cc1. The summed E-state index contributed by atoms with van der Waals surface area (Å²) in [6, 6.07) is 5.50. The second kappa shape index (κ2) is 5.83. The van der Waals surface area contributed by atoms with Gasteiger partial charge in [-0.15, -0.1) is 0 Å². The number of nitro groups is 1. The molecule has 17 heavy (non-hydrogen) atoms. The first-order valence-corrected chi connectivity index (χ1v) is 5.12. The van der Waals surface area contributed by atoms with Gasteiger partial charge in [0, 0.05) is 12.1 Å². The number of non-ortho nitro benzene ring substituents is 1. The second-order valence-electron chi connectivity index (χ2n) is 3.26. The fourth-order valence-corrected chi connectivity index (χ4v) is 1.16. The van der Waals surface area contributed by atoms with Crippen molar-refractivity contribution in [1.82, 2.24) is 0 Å². The number of nitro benzene ring substituents is 1. The zero-order chi connectivity index (χ0) is 12.8.